The van der Waals surface area contributed by atoms with Crippen LogP contribution in [0.25, 0.3) is 0 Å². The molecular weight excluding hydrogens is 292 g/mol. The Balaban J connectivity index is 2.49. The van der Waals surface area contributed by atoms with Crippen LogP contribution < -0.4 is 10.6 Å². The van der Waals surface area contributed by atoms with E-state index >= 15 is 0 Å². The fraction of sp³-hybridized carbons (Fsp3) is 0.923. The van der Waals surface area contributed by atoms with Crippen LogP contribution in [0, 0.1) is 0 Å². The highest BCUT2D eigenvalue weighted by molar-refractivity contribution is 7.88. The molecule has 0 aromatic rings. The van der Waals surface area contributed by atoms with E-state index in [1.165, 1.54) is 6.26 Å². The van der Waals surface area contributed by atoms with E-state index in [4.69, 9.17) is 4.74 Å². The van der Waals surface area contributed by atoms with E-state index < -0.39 is 10.0 Å². The summed E-state index contributed by atoms with van der Waals surface area (Å²) in [6.45, 7) is 5.74. The van der Waals surface area contributed by atoms with Crippen molar-refractivity contribution < 1.29 is 13.2 Å². The topological polar surface area (TPSA) is 83.0 Å². The molecular formula is C13H28N4O3S. The van der Waals surface area contributed by atoms with Crippen LogP contribution in [0.3, 0.4) is 0 Å². The minimum atomic E-state index is -3.13. The molecule has 1 saturated heterocycles. The Bertz CT molecular complexity index is 462. The molecule has 1 heterocycles. The quantitative estimate of drug-likeness (QED) is 0.532. The molecule has 1 fully saturated rings. The van der Waals surface area contributed by atoms with E-state index in [-0.39, 0.29) is 11.6 Å². The predicted octanol–water partition coefficient (Wildman–Crippen LogP) is 0.000400. The van der Waals surface area contributed by atoms with Gasteiger partial charge in [-0.3, -0.25) is 4.99 Å². The Morgan fingerprint density at radius 1 is 1.43 bits per heavy atom. The fourth-order valence-electron chi connectivity index (χ4n) is 2.25. The average molecular weight is 320 g/mol. The van der Waals surface area contributed by atoms with Gasteiger partial charge in [-0.15, -0.1) is 0 Å². The van der Waals surface area contributed by atoms with E-state index in [2.05, 4.69) is 15.6 Å². The maximum atomic E-state index is 11.7. The summed E-state index contributed by atoms with van der Waals surface area (Å²) >= 11 is 0. The van der Waals surface area contributed by atoms with Crippen molar-refractivity contribution in [1.29, 1.82) is 0 Å². The largest absolute Gasteiger partial charge is 0.377 e. The van der Waals surface area contributed by atoms with Crippen LogP contribution in [0.5, 0.6) is 0 Å². The number of nitrogens with one attached hydrogen (secondary N) is 2. The molecule has 2 N–H and O–H groups in total. The minimum absolute atomic E-state index is 0.00557. The first kappa shape index (κ1) is 18.2. The molecule has 0 amide bonds. The lowest BCUT2D eigenvalue weighted by atomic mass is 10.1. The van der Waals surface area contributed by atoms with Gasteiger partial charge in [-0.25, -0.2) is 8.42 Å². The molecule has 0 aliphatic carbocycles. The highest BCUT2D eigenvalue weighted by atomic mass is 32.2. The van der Waals surface area contributed by atoms with Gasteiger partial charge in [0.15, 0.2) is 5.96 Å². The molecule has 1 aliphatic heterocycles. The molecule has 0 aromatic heterocycles. The minimum Gasteiger partial charge on any atom is -0.377 e. The van der Waals surface area contributed by atoms with Gasteiger partial charge in [-0.05, 0) is 26.7 Å². The number of hydrogen-bond donors (Lipinski definition) is 2. The van der Waals surface area contributed by atoms with Gasteiger partial charge in [0, 0.05) is 39.8 Å². The fourth-order valence-corrected chi connectivity index (χ4v) is 3.44. The van der Waals surface area contributed by atoms with E-state index in [0.717, 1.165) is 12.8 Å². The van der Waals surface area contributed by atoms with Crippen LogP contribution in [0.4, 0.5) is 0 Å². The van der Waals surface area contributed by atoms with Crippen LogP contribution in [-0.2, 0) is 14.8 Å². The van der Waals surface area contributed by atoms with Crippen molar-refractivity contribution >= 4 is 16.0 Å². The maximum absolute atomic E-state index is 11.7. The number of aliphatic imine (C=N–C) groups is 1. The third-order valence-corrected chi connectivity index (χ3v) is 5.04. The summed E-state index contributed by atoms with van der Waals surface area (Å²) in [6.07, 6.45) is 3.04. The normalized spacial score (nSPS) is 21.6. The number of guanidine groups is 1. The lowest BCUT2D eigenvalue weighted by molar-refractivity contribution is 0.0268. The second-order valence-electron chi connectivity index (χ2n) is 5.94. The smallest absolute Gasteiger partial charge is 0.211 e. The first-order valence-corrected chi connectivity index (χ1v) is 9.01. The summed E-state index contributed by atoms with van der Waals surface area (Å²) in [6, 6.07) is -0.00557. The average Bonchev–Trinajstić information content (AvgIpc) is 2.87. The number of ether oxygens (including phenoxy) is 1. The van der Waals surface area contributed by atoms with E-state index in [0.29, 0.717) is 25.6 Å². The number of hydrogen-bond acceptors (Lipinski definition) is 4. The van der Waals surface area contributed by atoms with Gasteiger partial charge in [-0.1, -0.05) is 0 Å². The summed E-state index contributed by atoms with van der Waals surface area (Å²) in [5, 5.41) is 6.37. The molecule has 1 rings (SSSR count). The molecule has 0 aromatic carbocycles. The number of sulfonamides is 1. The van der Waals surface area contributed by atoms with E-state index in [1.54, 1.807) is 18.5 Å². The van der Waals surface area contributed by atoms with Crippen molar-refractivity contribution in [2.24, 2.45) is 4.99 Å². The number of nitrogens with zero attached hydrogens (tertiary/aromatic N) is 2. The summed E-state index contributed by atoms with van der Waals surface area (Å²) in [5.41, 5.74) is -0.288. The van der Waals surface area contributed by atoms with Gasteiger partial charge >= 0.3 is 0 Å². The van der Waals surface area contributed by atoms with Gasteiger partial charge in [0.1, 0.15) is 0 Å². The third-order valence-electron chi connectivity index (χ3n) is 3.71. The van der Waals surface area contributed by atoms with Gasteiger partial charge < -0.3 is 15.4 Å². The highest BCUT2D eigenvalue weighted by Crippen LogP contribution is 2.19. The van der Waals surface area contributed by atoms with Gasteiger partial charge in [0.05, 0.1) is 11.9 Å². The second kappa shape index (κ2) is 7.42. The Labute approximate surface area is 128 Å². The molecule has 0 bridgehead atoms. The van der Waals surface area contributed by atoms with Crippen molar-refractivity contribution in [3.05, 3.63) is 0 Å². The lowest BCUT2D eigenvalue weighted by Gasteiger charge is -2.26. The first-order chi connectivity index (χ1) is 9.69. The Kier molecular flexibility index (Phi) is 6.42. The Hall–Kier alpha value is -0.860. The summed E-state index contributed by atoms with van der Waals surface area (Å²) in [5.74, 6) is 0.653. The van der Waals surface area contributed by atoms with Gasteiger partial charge in [0.25, 0.3) is 0 Å². The molecule has 0 saturated carbocycles. The predicted molar refractivity (Wildman–Crippen MR) is 85.0 cm³/mol. The third kappa shape index (κ3) is 5.80. The molecule has 0 unspecified atom stereocenters. The van der Waals surface area contributed by atoms with Crippen molar-refractivity contribution in [2.75, 3.05) is 40.0 Å². The SMILES string of the molecule is CN=C(NC[C@H]1CCCN1S(C)(=O)=O)NCC(C)(C)OC. The monoisotopic (exact) mass is 320 g/mol. The highest BCUT2D eigenvalue weighted by Gasteiger charge is 2.31. The molecule has 7 nitrogen and oxygen atoms in total. The molecule has 1 aliphatic rings. The molecule has 8 heteroatoms. The summed E-state index contributed by atoms with van der Waals surface area (Å²) in [4.78, 5) is 4.14. The molecule has 124 valence electrons. The lowest BCUT2D eigenvalue weighted by Crippen LogP contribution is -2.49. The summed E-state index contributed by atoms with van der Waals surface area (Å²) in [7, 11) is 0.227. The van der Waals surface area contributed by atoms with Crippen LogP contribution in [-0.4, -0.2) is 70.4 Å². The van der Waals surface area contributed by atoms with Crippen molar-refractivity contribution in [3.8, 4) is 0 Å². The molecule has 0 spiro atoms. The zero-order valence-electron chi connectivity index (χ0n) is 13.6. The maximum Gasteiger partial charge on any atom is 0.211 e. The van der Waals surface area contributed by atoms with Crippen LogP contribution in [0.1, 0.15) is 26.7 Å². The first-order valence-electron chi connectivity index (χ1n) is 7.16. The van der Waals surface area contributed by atoms with E-state index in [1.807, 2.05) is 13.8 Å². The van der Waals surface area contributed by atoms with Crippen molar-refractivity contribution in [1.82, 2.24) is 14.9 Å². The number of methoxy groups -OCH3 is 1. The Morgan fingerprint density at radius 3 is 2.62 bits per heavy atom. The zero-order chi connectivity index (χ0) is 16.1. The van der Waals surface area contributed by atoms with E-state index in [9.17, 15) is 8.42 Å². The molecule has 0 radical (unpaired) electrons. The second-order valence-corrected chi connectivity index (χ2v) is 7.88. The van der Waals surface area contributed by atoms with Crippen LogP contribution in [0.2, 0.25) is 0 Å². The molecule has 1 atom stereocenters. The van der Waals surface area contributed by atoms with Gasteiger partial charge in [-0.2, -0.15) is 4.31 Å². The van der Waals surface area contributed by atoms with Gasteiger partial charge in [0.2, 0.25) is 10.0 Å². The summed E-state index contributed by atoms with van der Waals surface area (Å²) < 4.78 is 30.3. The van der Waals surface area contributed by atoms with Crippen LogP contribution >= 0.6 is 0 Å². The Morgan fingerprint density at radius 2 is 2.10 bits per heavy atom. The number of rotatable bonds is 6. The van der Waals surface area contributed by atoms with Crippen molar-refractivity contribution in [2.45, 2.75) is 38.3 Å². The standard InChI is InChI=1S/C13H28N4O3S/c1-13(2,20-4)10-16-12(14-3)15-9-11-7-6-8-17(11)21(5,18)19/h11H,6-10H2,1-5H3,(H2,14,15,16)/t11-/m1/s1. The molecule has 21 heavy (non-hydrogen) atoms. The van der Waals surface area contributed by atoms with Crippen molar-refractivity contribution in [3.63, 3.8) is 0 Å². The zero-order valence-corrected chi connectivity index (χ0v) is 14.5. The van der Waals surface area contributed by atoms with Crippen LogP contribution in [0.15, 0.2) is 4.99 Å².